The molecule has 2 aromatic rings. The Labute approximate surface area is 190 Å². The second-order valence-electron chi connectivity index (χ2n) is 7.13. The van der Waals surface area contributed by atoms with Crippen molar-refractivity contribution in [2.75, 3.05) is 12.4 Å². The number of aliphatic hydroxyl groups is 1. The molecule has 0 aliphatic heterocycles. The number of rotatable bonds is 5. The third kappa shape index (κ3) is 5.42. The van der Waals surface area contributed by atoms with Crippen molar-refractivity contribution in [3.8, 4) is 5.75 Å². The van der Waals surface area contributed by atoms with Crippen LogP contribution in [-0.2, 0) is 11.0 Å². The van der Waals surface area contributed by atoms with Gasteiger partial charge in [-0.15, -0.1) is 0 Å². The number of ether oxygens (including phenoxy) is 1. The summed E-state index contributed by atoms with van der Waals surface area (Å²) in [6, 6.07) is 7.20. The fourth-order valence-electron chi connectivity index (χ4n) is 3.47. The molecule has 0 saturated carbocycles. The second kappa shape index (κ2) is 9.64. The Bertz CT molecular complexity index is 1070. The third-order valence-electron chi connectivity index (χ3n) is 4.95. The molecule has 1 aliphatic rings. The summed E-state index contributed by atoms with van der Waals surface area (Å²) >= 11 is 3.32. The second-order valence-corrected chi connectivity index (χ2v) is 8.05. The lowest BCUT2D eigenvalue weighted by molar-refractivity contribution is -0.137. The first-order valence-corrected chi connectivity index (χ1v) is 10.4. The number of Topliss-reactive ketones (excluding diaryl/α,β-unsaturated/α-hetero) is 1. The Hall–Kier alpha value is -3.01. The Balaban J connectivity index is 1.95. The molecular weight excluding hydrogens is 493 g/mol. The van der Waals surface area contributed by atoms with Crippen LogP contribution in [0.15, 0.2) is 58.3 Å². The number of hydrogen-bond acceptors (Lipinski definition) is 4. The van der Waals surface area contributed by atoms with E-state index in [1.165, 1.54) is 19.2 Å². The van der Waals surface area contributed by atoms with E-state index in [-0.39, 0.29) is 35.6 Å². The summed E-state index contributed by atoms with van der Waals surface area (Å²) in [6.07, 6.45) is -3.61. The number of carbonyl (C=O) groups is 2. The number of aliphatic hydroxyl groups excluding tert-OH is 1. The van der Waals surface area contributed by atoms with Crippen LogP contribution in [0.1, 0.15) is 36.4 Å². The molecular formula is C22H20BrF3N2O4. The van der Waals surface area contributed by atoms with Crippen LogP contribution in [0.3, 0.4) is 0 Å². The molecule has 0 bridgehead atoms. The molecule has 0 radical (unpaired) electrons. The number of hydrogen-bond donors (Lipinski definition) is 3. The maximum Gasteiger partial charge on any atom is 0.416 e. The minimum Gasteiger partial charge on any atom is -0.512 e. The standard InChI is InChI=1S/C22H20BrF3N2O4/c1-32-18-11-13(23)8-9-15(18)20(19-16(29)6-3-7-17(19)30)28-21(31)27-14-5-2-4-12(10-14)22(24,25)26/h2,4-5,8-11,20,29H,3,6-7H2,1H3,(H2,27,28,31). The Morgan fingerprint density at radius 3 is 2.59 bits per heavy atom. The van der Waals surface area contributed by atoms with Crippen LogP contribution in [0, 0.1) is 0 Å². The number of anilines is 1. The quantitative estimate of drug-likeness (QED) is 0.465. The number of ketones is 1. The number of alkyl halides is 3. The molecule has 10 heteroatoms. The first-order valence-electron chi connectivity index (χ1n) is 9.63. The molecule has 170 valence electrons. The van der Waals surface area contributed by atoms with Gasteiger partial charge in [-0.1, -0.05) is 28.1 Å². The maximum absolute atomic E-state index is 13.0. The highest BCUT2D eigenvalue weighted by atomic mass is 79.9. The molecule has 0 spiro atoms. The van der Waals surface area contributed by atoms with Gasteiger partial charge in [0.2, 0.25) is 0 Å². The monoisotopic (exact) mass is 512 g/mol. The van der Waals surface area contributed by atoms with Crippen molar-refractivity contribution in [1.82, 2.24) is 5.32 Å². The van der Waals surface area contributed by atoms with Crippen LogP contribution < -0.4 is 15.4 Å². The van der Waals surface area contributed by atoms with Gasteiger partial charge >= 0.3 is 12.2 Å². The molecule has 0 fully saturated rings. The summed E-state index contributed by atoms with van der Waals surface area (Å²) in [5, 5.41) is 15.4. The van der Waals surface area contributed by atoms with Crippen LogP contribution >= 0.6 is 15.9 Å². The minimum atomic E-state index is -4.56. The lowest BCUT2D eigenvalue weighted by atomic mass is 9.87. The topological polar surface area (TPSA) is 87.7 Å². The van der Waals surface area contributed by atoms with Gasteiger partial charge < -0.3 is 20.5 Å². The van der Waals surface area contributed by atoms with E-state index in [1.54, 1.807) is 18.2 Å². The highest BCUT2D eigenvalue weighted by Gasteiger charge is 2.33. The molecule has 0 saturated heterocycles. The summed E-state index contributed by atoms with van der Waals surface area (Å²) in [5.41, 5.74) is -0.556. The zero-order chi connectivity index (χ0) is 23.5. The van der Waals surface area contributed by atoms with E-state index in [4.69, 9.17) is 4.74 Å². The third-order valence-corrected chi connectivity index (χ3v) is 5.44. The van der Waals surface area contributed by atoms with Crippen molar-refractivity contribution < 1.29 is 32.6 Å². The van der Waals surface area contributed by atoms with Crippen molar-refractivity contribution in [1.29, 1.82) is 0 Å². The molecule has 0 heterocycles. The summed E-state index contributed by atoms with van der Waals surface area (Å²) in [4.78, 5) is 25.3. The van der Waals surface area contributed by atoms with Crippen LogP contribution in [0.2, 0.25) is 0 Å². The molecule has 3 rings (SSSR count). The van der Waals surface area contributed by atoms with E-state index in [0.29, 0.717) is 22.2 Å². The summed E-state index contributed by atoms with van der Waals surface area (Å²) in [5.74, 6) is -0.124. The Kier molecular flexibility index (Phi) is 7.12. The number of amides is 2. The van der Waals surface area contributed by atoms with Crippen LogP contribution in [-0.4, -0.2) is 24.0 Å². The average molecular weight is 513 g/mol. The zero-order valence-corrected chi connectivity index (χ0v) is 18.5. The lowest BCUT2D eigenvalue weighted by Crippen LogP contribution is -2.36. The number of urea groups is 1. The fourth-order valence-corrected chi connectivity index (χ4v) is 3.81. The summed E-state index contributed by atoms with van der Waals surface area (Å²) in [6.45, 7) is 0. The normalized spacial score (nSPS) is 15.3. The van der Waals surface area contributed by atoms with Gasteiger partial charge in [-0.2, -0.15) is 13.2 Å². The fraction of sp³-hybridized carbons (Fsp3) is 0.273. The van der Waals surface area contributed by atoms with Crippen LogP contribution in [0.5, 0.6) is 5.75 Å². The number of nitrogens with one attached hydrogen (secondary N) is 2. The Morgan fingerprint density at radius 1 is 1.19 bits per heavy atom. The SMILES string of the molecule is COc1cc(Br)ccc1C(NC(=O)Nc1cccc(C(F)(F)F)c1)C1=C(O)CCCC1=O. The summed E-state index contributed by atoms with van der Waals surface area (Å²) < 4.78 is 45.0. The van der Waals surface area contributed by atoms with E-state index in [2.05, 4.69) is 26.6 Å². The van der Waals surface area contributed by atoms with Gasteiger partial charge in [0.05, 0.1) is 24.3 Å². The van der Waals surface area contributed by atoms with Crippen molar-refractivity contribution >= 4 is 33.4 Å². The van der Waals surface area contributed by atoms with Gasteiger partial charge in [-0.3, -0.25) is 4.79 Å². The Morgan fingerprint density at radius 2 is 1.94 bits per heavy atom. The van der Waals surface area contributed by atoms with E-state index in [9.17, 15) is 27.9 Å². The van der Waals surface area contributed by atoms with E-state index in [0.717, 1.165) is 12.1 Å². The number of methoxy groups -OCH3 is 1. The van der Waals surface area contributed by atoms with Crippen molar-refractivity contribution in [2.45, 2.75) is 31.5 Å². The molecule has 1 aliphatic carbocycles. The van der Waals surface area contributed by atoms with Gasteiger partial charge in [0.15, 0.2) is 5.78 Å². The maximum atomic E-state index is 13.0. The molecule has 2 aromatic carbocycles. The van der Waals surface area contributed by atoms with Crippen molar-refractivity contribution in [2.24, 2.45) is 0 Å². The highest BCUT2D eigenvalue weighted by Crippen LogP contribution is 2.37. The van der Waals surface area contributed by atoms with Crippen molar-refractivity contribution in [3.05, 3.63) is 69.4 Å². The average Bonchev–Trinajstić information content (AvgIpc) is 2.72. The lowest BCUT2D eigenvalue weighted by Gasteiger charge is -2.26. The number of allylic oxidation sites excluding steroid dienone is 1. The molecule has 6 nitrogen and oxygen atoms in total. The predicted octanol–water partition coefficient (Wildman–Crippen LogP) is 5.90. The van der Waals surface area contributed by atoms with E-state index >= 15 is 0 Å². The molecule has 3 N–H and O–H groups in total. The first kappa shape index (κ1) is 23.6. The minimum absolute atomic E-state index is 0.0241. The molecule has 0 aromatic heterocycles. The van der Waals surface area contributed by atoms with Gasteiger partial charge in [0.25, 0.3) is 0 Å². The molecule has 1 atom stereocenters. The summed E-state index contributed by atoms with van der Waals surface area (Å²) in [7, 11) is 1.42. The molecule has 32 heavy (non-hydrogen) atoms. The predicted molar refractivity (Wildman–Crippen MR) is 116 cm³/mol. The van der Waals surface area contributed by atoms with Gasteiger partial charge in [0.1, 0.15) is 11.5 Å². The van der Waals surface area contributed by atoms with Gasteiger partial charge in [-0.05, 0) is 36.8 Å². The highest BCUT2D eigenvalue weighted by molar-refractivity contribution is 9.10. The van der Waals surface area contributed by atoms with E-state index < -0.39 is 23.8 Å². The molecule has 2 amide bonds. The smallest absolute Gasteiger partial charge is 0.416 e. The van der Waals surface area contributed by atoms with Gasteiger partial charge in [0, 0.05) is 28.6 Å². The van der Waals surface area contributed by atoms with Crippen molar-refractivity contribution in [3.63, 3.8) is 0 Å². The zero-order valence-electron chi connectivity index (χ0n) is 16.9. The first-order chi connectivity index (χ1) is 15.1. The number of halogens is 4. The van der Waals surface area contributed by atoms with Gasteiger partial charge in [-0.25, -0.2) is 4.79 Å². The number of carbonyl (C=O) groups excluding carboxylic acids is 2. The largest absolute Gasteiger partial charge is 0.512 e. The van der Waals surface area contributed by atoms with Crippen LogP contribution in [0.25, 0.3) is 0 Å². The van der Waals surface area contributed by atoms with E-state index in [1.807, 2.05) is 0 Å². The van der Waals surface area contributed by atoms with Crippen LogP contribution in [0.4, 0.5) is 23.7 Å². The molecule has 1 unspecified atom stereocenters. The number of benzene rings is 2.